The Hall–Kier alpha value is -2.37. The van der Waals surface area contributed by atoms with Crippen molar-refractivity contribution in [1.29, 1.82) is 0 Å². The summed E-state index contributed by atoms with van der Waals surface area (Å²) < 4.78 is 5.02. The molecule has 1 atom stereocenters. The van der Waals surface area contributed by atoms with Crippen LogP contribution in [-0.4, -0.2) is 28.0 Å². The Morgan fingerprint density at radius 3 is 3.09 bits per heavy atom. The van der Waals surface area contributed by atoms with E-state index in [2.05, 4.69) is 20.3 Å². The maximum Gasteiger partial charge on any atom is 0.223 e. The van der Waals surface area contributed by atoms with Crippen molar-refractivity contribution >= 4 is 5.91 Å². The van der Waals surface area contributed by atoms with Crippen molar-refractivity contribution in [1.82, 2.24) is 20.3 Å². The molecule has 22 heavy (non-hydrogen) atoms. The predicted octanol–water partition coefficient (Wildman–Crippen LogP) is 1.54. The van der Waals surface area contributed by atoms with E-state index in [9.17, 15) is 4.79 Å². The van der Waals surface area contributed by atoms with E-state index in [4.69, 9.17) is 4.74 Å². The van der Waals surface area contributed by atoms with Crippen molar-refractivity contribution in [2.75, 3.05) is 7.11 Å². The molecule has 0 saturated heterocycles. The molecule has 0 bridgehead atoms. The Morgan fingerprint density at radius 2 is 2.36 bits per heavy atom. The van der Waals surface area contributed by atoms with Gasteiger partial charge in [0.2, 0.25) is 11.8 Å². The molecule has 116 valence electrons. The number of H-pyrrole nitrogens is 1. The lowest BCUT2D eigenvalue weighted by Crippen LogP contribution is -2.33. The van der Waals surface area contributed by atoms with Crippen LogP contribution >= 0.6 is 0 Å². The second kappa shape index (κ2) is 6.17. The van der Waals surface area contributed by atoms with E-state index >= 15 is 0 Å². The van der Waals surface area contributed by atoms with Gasteiger partial charge in [-0.15, -0.1) is 0 Å². The van der Waals surface area contributed by atoms with Crippen molar-refractivity contribution in [3.05, 3.63) is 41.1 Å². The molecular formula is C16H20N4O2. The second-order valence-electron chi connectivity index (χ2n) is 5.61. The lowest BCUT2D eigenvalue weighted by atomic mass is 9.89. The summed E-state index contributed by atoms with van der Waals surface area (Å²) in [5, 5.41) is 2.99. The second-order valence-corrected chi connectivity index (χ2v) is 5.61. The molecule has 3 rings (SSSR count). The first-order valence-corrected chi connectivity index (χ1v) is 7.46. The highest BCUT2D eigenvalue weighted by atomic mass is 16.5. The Bertz CT molecular complexity index is 663. The van der Waals surface area contributed by atoms with Crippen molar-refractivity contribution in [2.24, 2.45) is 5.92 Å². The summed E-state index contributed by atoms with van der Waals surface area (Å²) in [6.45, 7) is 2.44. The van der Waals surface area contributed by atoms with E-state index in [0.717, 1.165) is 42.0 Å². The van der Waals surface area contributed by atoms with Crippen LogP contribution in [0.15, 0.2) is 18.3 Å². The molecule has 2 N–H and O–H groups in total. The van der Waals surface area contributed by atoms with Crippen LogP contribution in [0, 0.1) is 12.8 Å². The molecule has 1 unspecified atom stereocenters. The highest BCUT2D eigenvalue weighted by Crippen LogP contribution is 2.24. The van der Waals surface area contributed by atoms with E-state index in [1.54, 1.807) is 19.4 Å². The molecule has 2 heterocycles. The van der Waals surface area contributed by atoms with Gasteiger partial charge in [0.05, 0.1) is 12.8 Å². The van der Waals surface area contributed by atoms with Crippen LogP contribution in [0.3, 0.4) is 0 Å². The van der Waals surface area contributed by atoms with Crippen molar-refractivity contribution < 1.29 is 9.53 Å². The average Bonchev–Trinajstić information content (AvgIpc) is 2.92. The number of hydrogen-bond acceptors (Lipinski definition) is 4. The molecule has 0 fully saturated rings. The van der Waals surface area contributed by atoms with Gasteiger partial charge in [-0.05, 0) is 25.3 Å². The van der Waals surface area contributed by atoms with Crippen LogP contribution in [0.1, 0.15) is 29.2 Å². The fourth-order valence-electron chi connectivity index (χ4n) is 2.82. The number of carbonyl (C=O) groups excluding carboxylic acids is 1. The first-order chi connectivity index (χ1) is 10.7. The first kappa shape index (κ1) is 14.6. The molecule has 6 nitrogen and oxygen atoms in total. The maximum atomic E-state index is 12.3. The molecule has 1 aliphatic carbocycles. The molecule has 2 aromatic rings. The van der Waals surface area contributed by atoms with E-state index in [-0.39, 0.29) is 11.8 Å². The number of aromatic amines is 1. The molecule has 1 aliphatic rings. The highest BCUT2D eigenvalue weighted by molar-refractivity contribution is 5.79. The zero-order chi connectivity index (χ0) is 15.5. The van der Waals surface area contributed by atoms with Gasteiger partial charge in [0.25, 0.3) is 0 Å². The molecule has 0 radical (unpaired) electrons. The number of fused-ring (bicyclic) bond motifs is 1. The number of aryl methyl sites for hydroxylation is 2. The highest BCUT2D eigenvalue weighted by Gasteiger charge is 2.26. The van der Waals surface area contributed by atoms with E-state index in [1.807, 2.05) is 13.0 Å². The molecule has 0 spiro atoms. The van der Waals surface area contributed by atoms with Gasteiger partial charge in [-0.25, -0.2) is 9.97 Å². The molecule has 0 aliphatic heterocycles. The van der Waals surface area contributed by atoms with Crippen LogP contribution in [0.4, 0.5) is 0 Å². The van der Waals surface area contributed by atoms with Gasteiger partial charge in [-0.3, -0.25) is 4.79 Å². The van der Waals surface area contributed by atoms with Crippen molar-refractivity contribution in [3.63, 3.8) is 0 Å². The van der Waals surface area contributed by atoms with Crippen LogP contribution in [0.5, 0.6) is 5.88 Å². The number of methoxy groups -OCH3 is 1. The average molecular weight is 300 g/mol. The largest absolute Gasteiger partial charge is 0.481 e. The molecule has 0 aromatic carbocycles. The number of pyridine rings is 1. The third-order valence-electron chi connectivity index (χ3n) is 4.01. The van der Waals surface area contributed by atoms with E-state index < -0.39 is 0 Å². The summed E-state index contributed by atoms with van der Waals surface area (Å²) in [5.74, 6) is 1.60. The van der Waals surface area contributed by atoms with Gasteiger partial charge in [0.15, 0.2) is 0 Å². The summed E-state index contributed by atoms with van der Waals surface area (Å²) in [4.78, 5) is 24.2. The van der Waals surface area contributed by atoms with Gasteiger partial charge < -0.3 is 15.0 Å². The number of hydrogen-bond donors (Lipinski definition) is 2. The SMILES string of the molecule is COc1ccc(CNC(=O)C2CCc3nc(C)[nH]c3C2)cn1. The van der Waals surface area contributed by atoms with E-state index in [0.29, 0.717) is 12.4 Å². The fourth-order valence-corrected chi connectivity index (χ4v) is 2.82. The molecular weight excluding hydrogens is 280 g/mol. The lowest BCUT2D eigenvalue weighted by molar-refractivity contribution is -0.125. The van der Waals surface area contributed by atoms with Gasteiger partial charge in [0, 0.05) is 36.8 Å². The third kappa shape index (κ3) is 3.10. The lowest BCUT2D eigenvalue weighted by Gasteiger charge is -2.20. The standard InChI is InChI=1S/C16H20N4O2/c1-10-19-13-5-4-12(7-14(13)20-10)16(21)18-9-11-3-6-15(22-2)17-8-11/h3,6,8,12H,4-5,7,9H2,1-2H3,(H,18,21)(H,19,20). The van der Waals surface area contributed by atoms with Crippen molar-refractivity contribution in [3.8, 4) is 5.88 Å². The Balaban J connectivity index is 1.56. The smallest absolute Gasteiger partial charge is 0.223 e. The number of ether oxygens (including phenoxy) is 1. The van der Waals surface area contributed by atoms with Gasteiger partial charge in [0.1, 0.15) is 5.82 Å². The molecule has 0 saturated carbocycles. The molecule has 2 aromatic heterocycles. The molecule has 6 heteroatoms. The number of imidazole rings is 1. The number of nitrogens with zero attached hydrogens (tertiary/aromatic N) is 2. The maximum absolute atomic E-state index is 12.3. The minimum absolute atomic E-state index is 0.0126. The van der Waals surface area contributed by atoms with Gasteiger partial charge in [-0.2, -0.15) is 0 Å². The zero-order valence-corrected chi connectivity index (χ0v) is 12.8. The number of amides is 1. The summed E-state index contributed by atoms with van der Waals surface area (Å²) in [7, 11) is 1.58. The van der Waals surface area contributed by atoms with Gasteiger partial charge >= 0.3 is 0 Å². The minimum atomic E-state index is 0.0126. The number of carbonyl (C=O) groups is 1. The van der Waals surface area contributed by atoms with Gasteiger partial charge in [-0.1, -0.05) is 6.07 Å². The zero-order valence-electron chi connectivity index (χ0n) is 12.8. The summed E-state index contributed by atoms with van der Waals surface area (Å²) in [6, 6.07) is 3.70. The third-order valence-corrected chi connectivity index (χ3v) is 4.01. The summed E-state index contributed by atoms with van der Waals surface area (Å²) in [5.41, 5.74) is 3.18. The number of rotatable bonds is 4. The topological polar surface area (TPSA) is 79.9 Å². The summed E-state index contributed by atoms with van der Waals surface area (Å²) in [6.07, 6.45) is 4.17. The van der Waals surface area contributed by atoms with Crippen molar-refractivity contribution in [2.45, 2.75) is 32.7 Å². The van der Waals surface area contributed by atoms with E-state index in [1.165, 1.54) is 0 Å². The predicted molar refractivity (Wildman–Crippen MR) is 81.5 cm³/mol. The monoisotopic (exact) mass is 300 g/mol. The van der Waals surface area contributed by atoms with Crippen LogP contribution in [0.2, 0.25) is 0 Å². The van der Waals surface area contributed by atoms with Crippen LogP contribution in [-0.2, 0) is 24.2 Å². The number of aromatic nitrogens is 3. The normalized spacial score (nSPS) is 16.9. The summed E-state index contributed by atoms with van der Waals surface area (Å²) >= 11 is 0. The van der Waals surface area contributed by atoms with Crippen LogP contribution < -0.4 is 10.1 Å². The molecule has 1 amide bonds. The quantitative estimate of drug-likeness (QED) is 0.897. The van der Waals surface area contributed by atoms with Crippen LogP contribution in [0.25, 0.3) is 0 Å². The Kier molecular flexibility index (Phi) is 4.09. The fraction of sp³-hybridized carbons (Fsp3) is 0.438. The number of nitrogens with one attached hydrogen (secondary N) is 2. The Morgan fingerprint density at radius 1 is 1.50 bits per heavy atom. The first-order valence-electron chi connectivity index (χ1n) is 7.46. The Labute approximate surface area is 129 Å². The minimum Gasteiger partial charge on any atom is -0.481 e.